The molecule has 1 aliphatic heterocycles. The second-order valence-electron chi connectivity index (χ2n) is 10.0. The van der Waals surface area contributed by atoms with Crippen molar-refractivity contribution >= 4 is 0 Å². The first kappa shape index (κ1) is 24.3. The maximum Gasteiger partial charge on any atom is 0.167 e. The number of rotatable bonds is 8. The van der Waals surface area contributed by atoms with E-state index < -0.39 is 11.6 Å². The fourth-order valence-electron chi connectivity index (χ4n) is 5.65. The van der Waals surface area contributed by atoms with Crippen LogP contribution in [-0.4, -0.2) is 22.7 Å². The van der Waals surface area contributed by atoms with E-state index in [0.717, 1.165) is 24.6 Å². The minimum Gasteiger partial charge on any atom is -0.377 e. The molecule has 5 heteroatoms. The van der Waals surface area contributed by atoms with Crippen LogP contribution in [0.4, 0.5) is 8.78 Å². The smallest absolute Gasteiger partial charge is 0.167 e. The normalized spacial score (nSPS) is 25.8. The third kappa shape index (κ3) is 5.79. The molecule has 0 amide bonds. The summed E-state index contributed by atoms with van der Waals surface area (Å²) >= 11 is 0. The largest absolute Gasteiger partial charge is 0.377 e. The van der Waals surface area contributed by atoms with Crippen LogP contribution in [0.5, 0.6) is 0 Å². The van der Waals surface area contributed by atoms with Crippen molar-refractivity contribution in [2.24, 2.45) is 11.8 Å². The van der Waals surface area contributed by atoms with Gasteiger partial charge in [-0.15, -0.1) is 0 Å². The number of hydrogen-bond donors (Lipinski definition) is 0. The molecule has 1 aliphatic carbocycles. The molecule has 1 saturated carbocycles. The molecule has 33 heavy (non-hydrogen) atoms. The molecule has 0 spiro atoms. The molecule has 4 rings (SSSR count). The van der Waals surface area contributed by atoms with Crippen LogP contribution >= 0.6 is 0 Å². The van der Waals surface area contributed by atoms with E-state index in [1.54, 1.807) is 24.5 Å². The van der Waals surface area contributed by atoms with Gasteiger partial charge in [-0.25, -0.2) is 18.7 Å². The Labute approximate surface area is 197 Å². The molecule has 2 fully saturated rings. The molecule has 2 heterocycles. The molecule has 1 saturated heterocycles. The number of benzene rings is 1. The topological polar surface area (TPSA) is 35.0 Å². The third-order valence-corrected chi connectivity index (χ3v) is 7.84. The summed E-state index contributed by atoms with van der Waals surface area (Å²) in [5, 5.41) is 0. The lowest BCUT2D eigenvalue weighted by atomic mass is 9.76. The van der Waals surface area contributed by atoms with Gasteiger partial charge in [0.2, 0.25) is 0 Å². The van der Waals surface area contributed by atoms with E-state index in [1.807, 2.05) is 6.92 Å². The highest BCUT2D eigenvalue weighted by atomic mass is 19.2. The molecule has 2 aliphatic rings. The zero-order valence-corrected chi connectivity index (χ0v) is 20.2. The molecule has 3 nitrogen and oxygen atoms in total. The third-order valence-electron chi connectivity index (χ3n) is 7.84. The van der Waals surface area contributed by atoms with E-state index in [1.165, 1.54) is 51.4 Å². The highest BCUT2D eigenvalue weighted by Crippen LogP contribution is 2.39. The Morgan fingerprint density at radius 2 is 1.67 bits per heavy atom. The number of aryl methyl sites for hydroxylation is 1. The standard InChI is InChI=1S/C28H38F2N2O/c1-3-5-6-7-19-8-10-21(11-9-19)25-15-13-22(18-33-25)28-31-16-23(17-32-28)24-14-12-20(4-2)26(29)27(24)30/h12,14,16-17,19,21-22,25H,3-11,13,15,18H2,1-2H3. The summed E-state index contributed by atoms with van der Waals surface area (Å²) in [5.74, 6) is 0.927. The Kier molecular flexibility index (Phi) is 8.45. The Morgan fingerprint density at radius 1 is 0.909 bits per heavy atom. The van der Waals surface area contributed by atoms with Crippen LogP contribution in [0.2, 0.25) is 0 Å². The van der Waals surface area contributed by atoms with E-state index >= 15 is 0 Å². The molecule has 0 radical (unpaired) electrons. The highest BCUT2D eigenvalue weighted by Gasteiger charge is 2.32. The number of aromatic nitrogens is 2. The zero-order valence-electron chi connectivity index (χ0n) is 20.2. The molecule has 2 unspecified atom stereocenters. The van der Waals surface area contributed by atoms with Gasteiger partial charge in [-0.3, -0.25) is 0 Å². The van der Waals surface area contributed by atoms with Gasteiger partial charge in [-0.2, -0.15) is 0 Å². The fraction of sp³-hybridized carbons (Fsp3) is 0.643. The predicted octanol–water partition coefficient (Wildman–Crippen LogP) is 7.63. The van der Waals surface area contributed by atoms with E-state index in [-0.39, 0.29) is 11.5 Å². The average Bonchev–Trinajstić information content (AvgIpc) is 2.87. The predicted molar refractivity (Wildman–Crippen MR) is 128 cm³/mol. The van der Waals surface area contributed by atoms with Crippen LogP contribution in [0.25, 0.3) is 11.1 Å². The van der Waals surface area contributed by atoms with Crippen molar-refractivity contribution in [3.63, 3.8) is 0 Å². The van der Waals surface area contributed by atoms with Gasteiger partial charge >= 0.3 is 0 Å². The Balaban J connectivity index is 1.29. The van der Waals surface area contributed by atoms with Gasteiger partial charge in [0.15, 0.2) is 11.6 Å². The van der Waals surface area contributed by atoms with Gasteiger partial charge in [0.05, 0.1) is 12.7 Å². The summed E-state index contributed by atoms with van der Waals surface area (Å²) in [6.45, 7) is 4.73. The first-order chi connectivity index (χ1) is 16.1. The van der Waals surface area contributed by atoms with Gasteiger partial charge in [0.1, 0.15) is 5.82 Å². The maximum absolute atomic E-state index is 14.5. The Bertz CT molecular complexity index is 886. The number of halogens is 2. The molecular formula is C28H38F2N2O. The van der Waals surface area contributed by atoms with Crippen LogP contribution < -0.4 is 0 Å². The summed E-state index contributed by atoms with van der Waals surface area (Å²) in [6, 6.07) is 3.25. The second-order valence-corrected chi connectivity index (χ2v) is 10.0. The van der Waals surface area contributed by atoms with Gasteiger partial charge in [-0.05, 0) is 49.5 Å². The lowest BCUT2D eigenvalue weighted by Crippen LogP contribution is -2.34. The molecule has 180 valence electrons. The fourth-order valence-corrected chi connectivity index (χ4v) is 5.65. The monoisotopic (exact) mass is 456 g/mol. The van der Waals surface area contributed by atoms with Gasteiger partial charge < -0.3 is 4.74 Å². The summed E-state index contributed by atoms with van der Waals surface area (Å²) < 4.78 is 34.9. The van der Waals surface area contributed by atoms with Gasteiger partial charge in [-0.1, -0.05) is 64.5 Å². The van der Waals surface area contributed by atoms with Crippen LogP contribution in [0, 0.1) is 23.5 Å². The van der Waals surface area contributed by atoms with E-state index in [0.29, 0.717) is 36.2 Å². The van der Waals surface area contributed by atoms with Crippen molar-refractivity contribution in [2.45, 2.75) is 96.5 Å². The minimum atomic E-state index is -0.824. The quantitative estimate of drug-likeness (QED) is 0.383. The Morgan fingerprint density at radius 3 is 2.30 bits per heavy atom. The van der Waals surface area contributed by atoms with Crippen molar-refractivity contribution in [3.8, 4) is 11.1 Å². The molecule has 2 aromatic rings. The van der Waals surface area contributed by atoms with Crippen LogP contribution in [0.15, 0.2) is 24.5 Å². The first-order valence-electron chi connectivity index (χ1n) is 13.0. The van der Waals surface area contributed by atoms with E-state index in [4.69, 9.17) is 4.74 Å². The first-order valence-corrected chi connectivity index (χ1v) is 13.0. The number of hydrogen-bond acceptors (Lipinski definition) is 3. The number of ether oxygens (including phenoxy) is 1. The van der Waals surface area contributed by atoms with Crippen molar-refractivity contribution in [1.29, 1.82) is 0 Å². The summed E-state index contributed by atoms with van der Waals surface area (Å²) in [6.07, 6.45) is 16.9. The zero-order chi connectivity index (χ0) is 23.2. The molecule has 2 atom stereocenters. The SMILES string of the molecule is CCCCCC1CCC(C2CCC(c3ncc(-c4ccc(CC)c(F)c4F)cn3)CO2)CC1. The lowest BCUT2D eigenvalue weighted by Gasteiger charge is -2.37. The molecule has 0 N–H and O–H groups in total. The second kappa shape index (κ2) is 11.5. The van der Waals surface area contributed by atoms with Gasteiger partial charge in [0.25, 0.3) is 0 Å². The minimum absolute atomic E-state index is 0.171. The average molecular weight is 457 g/mol. The Hall–Kier alpha value is -1.88. The summed E-state index contributed by atoms with van der Waals surface area (Å²) in [7, 11) is 0. The van der Waals surface area contributed by atoms with Crippen LogP contribution in [-0.2, 0) is 11.2 Å². The highest BCUT2D eigenvalue weighted by molar-refractivity contribution is 5.63. The summed E-state index contributed by atoms with van der Waals surface area (Å²) in [4.78, 5) is 8.99. The van der Waals surface area contributed by atoms with Crippen molar-refractivity contribution in [3.05, 3.63) is 47.5 Å². The number of nitrogens with zero attached hydrogens (tertiary/aromatic N) is 2. The molecule has 1 aromatic carbocycles. The van der Waals surface area contributed by atoms with Crippen molar-refractivity contribution < 1.29 is 13.5 Å². The summed E-state index contributed by atoms with van der Waals surface area (Å²) in [5.41, 5.74) is 1.09. The van der Waals surface area contributed by atoms with Crippen LogP contribution in [0.1, 0.15) is 95.4 Å². The van der Waals surface area contributed by atoms with E-state index in [9.17, 15) is 8.78 Å². The van der Waals surface area contributed by atoms with Crippen molar-refractivity contribution in [1.82, 2.24) is 9.97 Å². The van der Waals surface area contributed by atoms with E-state index in [2.05, 4.69) is 16.9 Å². The molecule has 0 bridgehead atoms. The maximum atomic E-state index is 14.5. The number of unbranched alkanes of at least 4 members (excludes halogenated alkanes) is 2. The van der Waals surface area contributed by atoms with Crippen molar-refractivity contribution in [2.75, 3.05) is 6.61 Å². The van der Waals surface area contributed by atoms with Gasteiger partial charge in [0, 0.05) is 29.4 Å². The van der Waals surface area contributed by atoms with Crippen LogP contribution in [0.3, 0.4) is 0 Å². The molecular weight excluding hydrogens is 418 g/mol. The lowest BCUT2D eigenvalue weighted by molar-refractivity contribution is -0.0447. The molecule has 1 aromatic heterocycles.